The first-order valence-corrected chi connectivity index (χ1v) is 10.8. The Kier molecular flexibility index (Phi) is 5.86. The highest BCUT2D eigenvalue weighted by Gasteiger charge is 2.33. The zero-order chi connectivity index (χ0) is 23.0. The van der Waals surface area contributed by atoms with Crippen LogP contribution in [0.1, 0.15) is 16.9 Å². The highest BCUT2D eigenvalue weighted by molar-refractivity contribution is 8.27. The summed E-state index contributed by atoms with van der Waals surface area (Å²) in [6.07, 6.45) is 1.60. The van der Waals surface area contributed by atoms with E-state index in [0.29, 0.717) is 37.7 Å². The minimum atomic E-state index is -0.491. The monoisotopic (exact) mass is 466 g/mol. The third-order valence-electron chi connectivity index (χ3n) is 5.11. The maximum absolute atomic E-state index is 13.0. The first-order valence-electron chi connectivity index (χ1n) is 9.56. The topological polar surface area (TPSA) is 85.8 Å². The molecule has 0 N–H and O–H groups in total. The number of amides is 1. The van der Waals surface area contributed by atoms with Crippen LogP contribution in [0, 0.1) is 24.0 Å². The molecule has 2 aromatic carbocycles. The fourth-order valence-corrected chi connectivity index (χ4v) is 4.54. The van der Waals surface area contributed by atoms with Gasteiger partial charge in [-0.05, 0) is 61.4 Å². The molecule has 2 heterocycles. The molecule has 162 valence electrons. The first-order chi connectivity index (χ1) is 15.3. The van der Waals surface area contributed by atoms with E-state index in [2.05, 4.69) is 0 Å². The van der Waals surface area contributed by atoms with Crippen molar-refractivity contribution in [2.24, 2.45) is 0 Å². The van der Waals surface area contributed by atoms with Gasteiger partial charge in [-0.2, -0.15) is 0 Å². The molecule has 3 aromatic rings. The zero-order valence-corrected chi connectivity index (χ0v) is 19.1. The predicted octanol–water partition coefficient (Wildman–Crippen LogP) is 5.89. The molecule has 1 aromatic heterocycles. The van der Waals surface area contributed by atoms with E-state index in [-0.39, 0.29) is 11.6 Å². The van der Waals surface area contributed by atoms with Gasteiger partial charge in [0.1, 0.15) is 17.3 Å². The van der Waals surface area contributed by atoms with E-state index in [9.17, 15) is 14.9 Å². The quantitative estimate of drug-likeness (QED) is 0.201. The van der Waals surface area contributed by atoms with Crippen LogP contribution >= 0.6 is 24.0 Å². The summed E-state index contributed by atoms with van der Waals surface area (Å²) in [7, 11) is 1.44. The number of hydrogen-bond donors (Lipinski definition) is 0. The van der Waals surface area contributed by atoms with Crippen LogP contribution in [0.2, 0.25) is 0 Å². The summed E-state index contributed by atoms with van der Waals surface area (Å²) in [5, 5.41) is 11.5. The summed E-state index contributed by atoms with van der Waals surface area (Å²) in [5.74, 6) is 0.847. The van der Waals surface area contributed by atoms with E-state index >= 15 is 0 Å². The predicted molar refractivity (Wildman–Crippen MR) is 129 cm³/mol. The summed E-state index contributed by atoms with van der Waals surface area (Å²) in [6, 6.07) is 13.6. The molecule has 0 bridgehead atoms. The summed E-state index contributed by atoms with van der Waals surface area (Å²) in [5.41, 5.74) is 3.10. The number of ether oxygens (including phenoxy) is 1. The number of thioether (sulfide) groups is 1. The van der Waals surface area contributed by atoms with Crippen molar-refractivity contribution in [2.45, 2.75) is 13.8 Å². The van der Waals surface area contributed by atoms with E-state index < -0.39 is 4.92 Å². The van der Waals surface area contributed by atoms with Crippen LogP contribution in [0.15, 0.2) is 57.9 Å². The Morgan fingerprint density at radius 2 is 1.91 bits per heavy atom. The van der Waals surface area contributed by atoms with Gasteiger partial charge in [-0.25, -0.2) is 0 Å². The second-order valence-corrected chi connectivity index (χ2v) is 8.80. The molecule has 1 fully saturated rings. The number of rotatable bonds is 5. The Balaban J connectivity index is 1.64. The minimum Gasteiger partial charge on any atom is -0.497 e. The van der Waals surface area contributed by atoms with Gasteiger partial charge in [-0.3, -0.25) is 19.8 Å². The molecule has 9 heteroatoms. The highest BCUT2D eigenvalue weighted by atomic mass is 32.2. The number of carbonyl (C=O) groups is 1. The lowest BCUT2D eigenvalue weighted by Gasteiger charge is -2.15. The molecule has 0 saturated carbocycles. The van der Waals surface area contributed by atoms with E-state index in [1.165, 1.54) is 29.8 Å². The van der Waals surface area contributed by atoms with E-state index in [1.54, 1.807) is 30.3 Å². The summed E-state index contributed by atoms with van der Waals surface area (Å²) >= 11 is 6.61. The van der Waals surface area contributed by atoms with Gasteiger partial charge in [0.2, 0.25) is 0 Å². The van der Waals surface area contributed by atoms with Gasteiger partial charge in [0.15, 0.2) is 4.32 Å². The number of carbonyl (C=O) groups excluding carboxylic acids is 1. The largest absolute Gasteiger partial charge is 0.497 e. The minimum absolute atomic E-state index is 0.133. The first kappa shape index (κ1) is 21.8. The Bertz CT molecular complexity index is 1300. The average molecular weight is 467 g/mol. The van der Waals surface area contributed by atoms with Crippen molar-refractivity contribution in [3.8, 4) is 17.1 Å². The van der Waals surface area contributed by atoms with Gasteiger partial charge in [-0.15, -0.1) is 0 Å². The number of furan rings is 1. The third kappa shape index (κ3) is 4.04. The van der Waals surface area contributed by atoms with Crippen molar-refractivity contribution in [3.05, 3.63) is 80.4 Å². The molecule has 0 aliphatic carbocycles. The molecular weight excluding hydrogens is 448 g/mol. The Hall–Kier alpha value is -3.43. The van der Waals surface area contributed by atoms with Gasteiger partial charge >= 0.3 is 0 Å². The van der Waals surface area contributed by atoms with Crippen molar-refractivity contribution in [3.63, 3.8) is 0 Å². The van der Waals surface area contributed by atoms with Crippen molar-refractivity contribution < 1.29 is 18.9 Å². The van der Waals surface area contributed by atoms with Crippen molar-refractivity contribution in [1.29, 1.82) is 0 Å². The Morgan fingerprint density at radius 3 is 2.59 bits per heavy atom. The van der Waals surface area contributed by atoms with Gasteiger partial charge in [0.05, 0.1) is 34.3 Å². The van der Waals surface area contributed by atoms with Crippen LogP contribution in [0.3, 0.4) is 0 Å². The molecule has 0 atom stereocenters. The molecule has 0 radical (unpaired) electrons. The van der Waals surface area contributed by atoms with E-state index in [1.807, 2.05) is 32.0 Å². The highest BCUT2D eigenvalue weighted by Crippen LogP contribution is 2.38. The number of benzene rings is 2. The molecule has 0 unspecified atom stereocenters. The van der Waals surface area contributed by atoms with Crippen LogP contribution in [0.5, 0.6) is 5.75 Å². The van der Waals surface area contributed by atoms with Crippen LogP contribution < -0.4 is 9.64 Å². The van der Waals surface area contributed by atoms with E-state index in [4.69, 9.17) is 21.4 Å². The molecule has 32 heavy (non-hydrogen) atoms. The van der Waals surface area contributed by atoms with E-state index in [0.717, 1.165) is 11.1 Å². The molecular formula is C23H18N2O5S2. The average Bonchev–Trinajstić information content (AvgIpc) is 3.34. The molecule has 1 aliphatic heterocycles. The fraction of sp³-hybridized carbons (Fsp3) is 0.130. The number of hydrogen-bond acceptors (Lipinski definition) is 7. The van der Waals surface area contributed by atoms with Crippen LogP contribution in [0.25, 0.3) is 17.4 Å². The van der Waals surface area contributed by atoms with Crippen LogP contribution in [-0.4, -0.2) is 22.3 Å². The third-order valence-corrected chi connectivity index (χ3v) is 6.41. The smallest absolute Gasteiger partial charge is 0.284 e. The Labute approximate surface area is 193 Å². The zero-order valence-electron chi connectivity index (χ0n) is 17.4. The molecule has 0 spiro atoms. The normalized spacial score (nSPS) is 15.0. The van der Waals surface area contributed by atoms with Crippen molar-refractivity contribution in [1.82, 2.24) is 0 Å². The lowest BCUT2D eigenvalue weighted by molar-refractivity contribution is -0.384. The van der Waals surface area contributed by atoms with Crippen molar-refractivity contribution >= 4 is 51.7 Å². The summed E-state index contributed by atoms with van der Waals surface area (Å²) < 4.78 is 11.3. The van der Waals surface area contributed by atoms with Crippen LogP contribution in [-0.2, 0) is 4.79 Å². The van der Waals surface area contributed by atoms with Crippen LogP contribution in [0.4, 0.5) is 11.4 Å². The molecule has 1 aliphatic rings. The maximum Gasteiger partial charge on any atom is 0.284 e. The molecule has 4 rings (SSSR count). The number of nitro benzene ring substituents is 1. The fourth-order valence-electron chi connectivity index (χ4n) is 3.26. The van der Waals surface area contributed by atoms with Gasteiger partial charge in [-0.1, -0.05) is 30.0 Å². The van der Waals surface area contributed by atoms with Gasteiger partial charge in [0, 0.05) is 6.08 Å². The standard InChI is InChI=1S/C23H18N2O5S2/c1-13-4-5-15(10-14(13)2)24-22(26)21(32-23(24)31)12-17-7-9-20(30-17)18-8-6-16(29-3)11-19(18)25(27)28/h4-12H,1-3H3/b21-12+. The maximum atomic E-state index is 13.0. The molecule has 1 saturated heterocycles. The second-order valence-electron chi connectivity index (χ2n) is 7.13. The van der Waals surface area contributed by atoms with Gasteiger partial charge in [0.25, 0.3) is 11.6 Å². The van der Waals surface area contributed by atoms with Crippen molar-refractivity contribution in [2.75, 3.05) is 12.0 Å². The summed E-state index contributed by atoms with van der Waals surface area (Å²) in [6.45, 7) is 3.99. The Morgan fingerprint density at radius 1 is 1.12 bits per heavy atom. The number of thiocarbonyl (C=S) groups is 1. The lowest BCUT2D eigenvalue weighted by Crippen LogP contribution is -2.27. The number of anilines is 1. The summed E-state index contributed by atoms with van der Waals surface area (Å²) in [4.78, 5) is 25.9. The molecule has 1 amide bonds. The number of nitro groups is 1. The second kappa shape index (κ2) is 8.60. The number of methoxy groups -OCH3 is 1. The number of aryl methyl sites for hydroxylation is 2. The lowest BCUT2D eigenvalue weighted by atomic mass is 10.1. The number of nitrogens with zero attached hydrogens (tertiary/aromatic N) is 2. The molecule has 7 nitrogen and oxygen atoms in total. The van der Waals surface area contributed by atoms with Gasteiger partial charge < -0.3 is 9.15 Å². The SMILES string of the molecule is COc1ccc(-c2ccc(/C=C3/SC(=S)N(c4ccc(C)c(C)c4)C3=O)o2)c([N+](=O)[O-])c1.